The monoisotopic (exact) mass is 348 g/mol. The molecule has 0 atom stereocenters. The molecule has 138 valence electrons. The van der Waals surface area contributed by atoms with E-state index in [1.54, 1.807) is 18.2 Å². The number of hydrazine groups is 1. The van der Waals surface area contributed by atoms with Gasteiger partial charge >= 0.3 is 0 Å². The fourth-order valence-electron chi connectivity index (χ4n) is 2.99. The van der Waals surface area contributed by atoms with Crippen LogP contribution in [0.15, 0.2) is 18.2 Å². The van der Waals surface area contributed by atoms with Gasteiger partial charge in [-0.25, -0.2) is 0 Å². The molecule has 1 fully saturated rings. The standard InChI is InChI=1S/C19H28N2O4/c1-13(2)25-16-11-10-15(12-17(16)24-3)19(23)21-20-18(22)14-8-6-4-5-7-9-14/h10-14H,4-9H2,1-3H3,(H,20,22)(H,21,23). The van der Waals surface area contributed by atoms with E-state index in [0.29, 0.717) is 17.1 Å². The Morgan fingerprint density at radius 2 is 1.72 bits per heavy atom. The first kappa shape index (κ1) is 19.1. The highest BCUT2D eigenvalue weighted by Gasteiger charge is 2.20. The Kier molecular flexibility index (Phi) is 7.10. The molecule has 1 aliphatic carbocycles. The summed E-state index contributed by atoms with van der Waals surface area (Å²) in [6.45, 7) is 3.84. The summed E-state index contributed by atoms with van der Waals surface area (Å²) < 4.78 is 10.9. The minimum atomic E-state index is -0.378. The third-order valence-electron chi connectivity index (χ3n) is 4.31. The molecule has 1 saturated carbocycles. The normalized spacial score (nSPS) is 15.4. The summed E-state index contributed by atoms with van der Waals surface area (Å²) in [5.41, 5.74) is 5.44. The molecular formula is C19H28N2O4. The summed E-state index contributed by atoms with van der Waals surface area (Å²) in [5, 5.41) is 0. The molecule has 0 aliphatic heterocycles. The van der Waals surface area contributed by atoms with E-state index in [2.05, 4.69) is 10.9 Å². The van der Waals surface area contributed by atoms with Gasteiger partial charge in [-0.1, -0.05) is 25.7 Å². The molecule has 25 heavy (non-hydrogen) atoms. The molecule has 1 aliphatic rings. The maximum absolute atomic E-state index is 12.3. The van der Waals surface area contributed by atoms with Gasteiger partial charge in [0, 0.05) is 11.5 Å². The number of carbonyl (C=O) groups excluding carboxylic acids is 2. The highest BCUT2D eigenvalue weighted by Crippen LogP contribution is 2.29. The molecule has 2 rings (SSSR count). The van der Waals surface area contributed by atoms with Crippen LogP contribution in [0, 0.1) is 5.92 Å². The average Bonchev–Trinajstić information content (AvgIpc) is 2.88. The molecule has 0 unspecified atom stereocenters. The van der Waals surface area contributed by atoms with E-state index in [1.807, 2.05) is 13.8 Å². The Hall–Kier alpha value is -2.24. The molecule has 6 nitrogen and oxygen atoms in total. The third-order valence-corrected chi connectivity index (χ3v) is 4.31. The Balaban J connectivity index is 1.94. The number of hydrogen-bond acceptors (Lipinski definition) is 4. The zero-order valence-corrected chi connectivity index (χ0v) is 15.3. The van der Waals surface area contributed by atoms with Crippen LogP contribution in [0.4, 0.5) is 0 Å². The first-order valence-corrected chi connectivity index (χ1v) is 8.96. The van der Waals surface area contributed by atoms with E-state index in [9.17, 15) is 9.59 Å². The molecule has 0 aromatic heterocycles. The number of amides is 2. The highest BCUT2D eigenvalue weighted by molar-refractivity contribution is 5.96. The van der Waals surface area contributed by atoms with Crippen LogP contribution in [0.1, 0.15) is 62.7 Å². The number of benzene rings is 1. The van der Waals surface area contributed by atoms with Crippen molar-refractivity contribution in [2.75, 3.05) is 7.11 Å². The number of carbonyl (C=O) groups is 2. The molecule has 2 amide bonds. The molecule has 1 aromatic carbocycles. The minimum absolute atomic E-state index is 0.00689. The van der Waals surface area contributed by atoms with Crippen molar-refractivity contribution >= 4 is 11.8 Å². The van der Waals surface area contributed by atoms with Gasteiger partial charge in [0.25, 0.3) is 5.91 Å². The van der Waals surface area contributed by atoms with Crippen molar-refractivity contribution in [2.45, 2.75) is 58.5 Å². The zero-order valence-electron chi connectivity index (χ0n) is 15.3. The van der Waals surface area contributed by atoms with Crippen molar-refractivity contribution in [1.82, 2.24) is 10.9 Å². The molecule has 6 heteroatoms. The summed E-state index contributed by atoms with van der Waals surface area (Å²) >= 11 is 0. The fraction of sp³-hybridized carbons (Fsp3) is 0.579. The van der Waals surface area contributed by atoms with Crippen molar-refractivity contribution in [2.24, 2.45) is 5.92 Å². The van der Waals surface area contributed by atoms with Crippen LogP contribution in [0.5, 0.6) is 11.5 Å². The second-order valence-corrected chi connectivity index (χ2v) is 6.66. The maximum atomic E-state index is 12.3. The fourth-order valence-corrected chi connectivity index (χ4v) is 2.99. The lowest BCUT2D eigenvalue weighted by molar-refractivity contribution is -0.126. The lowest BCUT2D eigenvalue weighted by Gasteiger charge is -2.16. The summed E-state index contributed by atoms with van der Waals surface area (Å²) in [5.74, 6) is 0.561. The third kappa shape index (κ3) is 5.66. The van der Waals surface area contributed by atoms with Gasteiger partial charge in [-0.15, -0.1) is 0 Å². The topological polar surface area (TPSA) is 76.7 Å². The molecule has 1 aromatic rings. The second-order valence-electron chi connectivity index (χ2n) is 6.66. The molecule has 0 heterocycles. The summed E-state index contributed by atoms with van der Waals surface area (Å²) in [6.07, 6.45) is 6.28. The van der Waals surface area contributed by atoms with Crippen molar-refractivity contribution in [3.05, 3.63) is 23.8 Å². The number of methoxy groups -OCH3 is 1. The van der Waals surface area contributed by atoms with E-state index in [0.717, 1.165) is 25.7 Å². The van der Waals surface area contributed by atoms with Gasteiger partial charge in [0.05, 0.1) is 13.2 Å². The molecule has 0 saturated heterocycles. The van der Waals surface area contributed by atoms with E-state index in [-0.39, 0.29) is 23.8 Å². The van der Waals surface area contributed by atoms with Gasteiger partial charge in [0.1, 0.15) is 0 Å². The quantitative estimate of drug-likeness (QED) is 0.633. The Labute approximate surface area is 149 Å². The van der Waals surface area contributed by atoms with Crippen LogP contribution in [-0.4, -0.2) is 25.0 Å². The van der Waals surface area contributed by atoms with E-state index >= 15 is 0 Å². The highest BCUT2D eigenvalue weighted by atomic mass is 16.5. The van der Waals surface area contributed by atoms with Crippen molar-refractivity contribution in [1.29, 1.82) is 0 Å². The summed E-state index contributed by atoms with van der Waals surface area (Å²) in [7, 11) is 1.53. The number of ether oxygens (including phenoxy) is 2. The summed E-state index contributed by atoms with van der Waals surface area (Å²) in [6, 6.07) is 4.94. The van der Waals surface area contributed by atoms with Gasteiger partial charge in [-0.3, -0.25) is 20.4 Å². The molecule has 0 spiro atoms. The van der Waals surface area contributed by atoms with Crippen molar-refractivity contribution in [3.63, 3.8) is 0 Å². The largest absolute Gasteiger partial charge is 0.493 e. The first-order chi connectivity index (χ1) is 12.0. The zero-order chi connectivity index (χ0) is 18.2. The molecule has 0 radical (unpaired) electrons. The van der Waals surface area contributed by atoms with Gasteiger partial charge < -0.3 is 9.47 Å². The second kappa shape index (κ2) is 9.30. The summed E-state index contributed by atoms with van der Waals surface area (Å²) in [4.78, 5) is 24.5. The molecular weight excluding hydrogens is 320 g/mol. The lowest BCUT2D eigenvalue weighted by Crippen LogP contribution is -2.44. The Bertz CT molecular complexity index is 593. The first-order valence-electron chi connectivity index (χ1n) is 8.96. The van der Waals surface area contributed by atoms with Crippen LogP contribution in [0.2, 0.25) is 0 Å². The van der Waals surface area contributed by atoms with Gasteiger partial charge in [0.15, 0.2) is 11.5 Å². The van der Waals surface area contributed by atoms with E-state index in [4.69, 9.17) is 9.47 Å². The van der Waals surface area contributed by atoms with Gasteiger partial charge in [0.2, 0.25) is 5.91 Å². The van der Waals surface area contributed by atoms with E-state index < -0.39 is 0 Å². The van der Waals surface area contributed by atoms with E-state index in [1.165, 1.54) is 20.0 Å². The van der Waals surface area contributed by atoms with Crippen LogP contribution in [-0.2, 0) is 4.79 Å². The van der Waals surface area contributed by atoms with Crippen molar-refractivity contribution < 1.29 is 19.1 Å². The minimum Gasteiger partial charge on any atom is -0.493 e. The SMILES string of the molecule is COc1cc(C(=O)NNC(=O)C2CCCCCC2)ccc1OC(C)C. The maximum Gasteiger partial charge on any atom is 0.269 e. The predicted octanol–water partition coefficient (Wildman–Crippen LogP) is 3.21. The van der Waals surface area contributed by atoms with Crippen LogP contribution < -0.4 is 20.3 Å². The average molecular weight is 348 g/mol. The number of hydrogen-bond donors (Lipinski definition) is 2. The Morgan fingerprint density at radius 3 is 2.32 bits per heavy atom. The molecule has 2 N–H and O–H groups in total. The van der Waals surface area contributed by atoms with Crippen LogP contribution in [0.3, 0.4) is 0 Å². The number of rotatable bonds is 5. The van der Waals surface area contributed by atoms with Crippen molar-refractivity contribution in [3.8, 4) is 11.5 Å². The smallest absolute Gasteiger partial charge is 0.269 e. The lowest BCUT2D eigenvalue weighted by atomic mass is 10.00. The van der Waals surface area contributed by atoms with Crippen LogP contribution in [0.25, 0.3) is 0 Å². The Morgan fingerprint density at radius 1 is 1.04 bits per heavy atom. The predicted molar refractivity (Wildman–Crippen MR) is 95.6 cm³/mol. The molecule has 0 bridgehead atoms. The van der Waals surface area contributed by atoms with Gasteiger partial charge in [-0.05, 0) is 44.9 Å². The number of nitrogens with one attached hydrogen (secondary N) is 2. The van der Waals surface area contributed by atoms with Gasteiger partial charge in [-0.2, -0.15) is 0 Å². The van der Waals surface area contributed by atoms with Crippen LogP contribution >= 0.6 is 0 Å².